The van der Waals surface area contributed by atoms with Gasteiger partial charge in [-0.25, -0.2) is 9.59 Å². The number of amides is 1. The van der Waals surface area contributed by atoms with Crippen LogP contribution in [0.2, 0.25) is 0 Å². The van der Waals surface area contributed by atoms with Gasteiger partial charge in [-0.2, -0.15) is 0 Å². The molecule has 25 heavy (non-hydrogen) atoms. The first-order valence-corrected chi connectivity index (χ1v) is 7.72. The van der Waals surface area contributed by atoms with E-state index in [2.05, 4.69) is 0 Å². The van der Waals surface area contributed by atoms with E-state index in [-0.39, 0.29) is 18.7 Å². The maximum atomic E-state index is 12.6. The van der Waals surface area contributed by atoms with Crippen molar-refractivity contribution in [3.63, 3.8) is 0 Å². The number of carbonyl (C=O) groups excluding carboxylic acids is 1. The fourth-order valence-corrected chi connectivity index (χ4v) is 2.52. The Kier molecular flexibility index (Phi) is 7.04. The molecule has 9 heteroatoms. The number of likely N-dealkylation sites (N-methyl/N-ethyl adjacent to an activating group) is 1. The number of carboxylic acid groups (broad SMARTS) is 2. The van der Waals surface area contributed by atoms with E-state index in [9.17, 15) is 24.5 Å². The summed E-state index contributed by atoms with van der Waals surface area (Å²) in [6.45, 7) is 3.19. The third-order valence-corrected chi connectivity index (χ3v) is 3.87. The lowest BCUT2D eigenvalue weighted by molar-refractivity contribution is -0.384. The predicted molar refractivity (Wildman–Crippen MR) is 87.0 cm³/mol. The smallest absolute Gasteiger partial charge is 0.338 e. The molecule has 0 aliphatic rings. The monoisotopic (exact) mass is 352 g/mol. The van der Waals surface area contributed by atoms with Gasteiger partial charge in [0, 0.05) is 24.6 Å². The van der Waals surface area contributed by atoms with Gasteiger partial charge in [0.05, 0.1) is 4.92 Å². The molecule has 0 aliphatic heterocycles. The summed E-state index contributed by atoms with van der Waals surface area (Å²) in [6, 6.07) is 3.75. The molecule has 1 aromatic carbocycles. The van der Waals surface area contributed by atoms with Crippen molar-refractivity contribution in [2.45, 2.75) is 32.7 Å². The molecule has 0 heterocycles. The third kappa shape index (κ3) is 5.00. The Morgan fingerprint density at radius 2 is 1.64 bits per heavy atom. The predicted octanol–water partition coefficient (Wildman–Crippen LogP) is 1.55. The number of aliphatic carboxylic acids is 2. The number of nitrogens with zero attached hydrogens (tertiary/aromatic N) is 2. The lowest BCUT2D eigenvalue weighted by atomic mass is 9.94. The fourth-order valence-electron chi connectivity index (χ4n) is 2.52. The molecular formula is C16H20N2O7. The second kappa shape index (κ2) is 8.76. The van der Waals surface area contributed by atoms with Gasteiger partial charge in [0.2, 0.25) is 11.9 Å². The molecule has 0 aliphatic carbocycles. The zero-order chi connectivity index (χ0) is 19.1. The quantitative estimate of drug-likeness (QED) is 0.390. The van der Waals surface area contributed by atoms with Crippen LogP contribution in [-0.4, -0.2) is 50.5 Å². The average Bonchev–Trinajstić information content (AvgIpc) is 2.56. The topological polar surface area (TPSA) is 138 Å². The summed E-state index contributed by atoms with van der Waals surface area (Å²) >= 11 is 0. The Labute approximate surface area is 144 Å². The van der Waals surface area contributed by atoms with E-state index < -0.39 is 34.7 Å². The van der Waals surface area contributed by atoms with E-state index >= 15 is 0 Å². The van der Waals surface area contributed by atoms with E-state index in [1.807, 2.05) is 0 Å². The second-order valence-electron chi connectivity index (χ2n) is 5.44. The first kappa shape index (κ1) is 20.1. The third-order valence-electron chi connectivity index (χ3n) is 3.87. The highest BCUT2D eigenvalue weighted by Crippen LogP contribution is 2.19. The van der Waals surface area contributed by atoms with Crippen molar-refractivity contribution in [1.29, 1.82) is 0 Å². The van der Waals surface area contributed by atoms with Crippen LogP contribution in [0.25, 0.3) is 0 Å². The minimum absolute atomic E-state index is 0.0567. The molecule has 0 spiro atoms. The van der Waals surface area contributed by atoms with Crippen LogP contribution in [0.3, 0.4) is 0 Å². The minimum atomic E-state index is -1.94. The zero-order valence-corrected chi connectivity index (χ0v) is 13.9. The number of hydrogen-bond acceptors (Lipinski definition) is 5. The normalized spacial score (nSPS) is 11.8. The summed E-state index contributed by atoms with van der Waals surface area (Å²) in [5.41, 5.74) is 0.596. The van der Waals surface area contributed by atoms with E-state index in [1.54, 1.807) is 6.92 Å². The lowest BCUT2D eigenvalue weighted by Crippen LogP contribution is -2.51. The molecule has 0 bridgehead atoms. The van der Waals surface area contributed by atoms with Crippen molar-refractivity contribution in [3.8, 4) is 0 Å². The van der Waals surface area contributed by atoms with Crippen molar-refractivity contribution in [3.05, 3.63) is 39.9 Å². The Morgan fingerprint density at radius 1 is 1.12 bits per heavy atom. The summed E-state index contributed by atoms with van der Waals surface area (Å²) < 4.78 is 0. The Balaban J connectivity index is 2.99. The summed E-state index contributed by atoms with van der Waals surface area (Å²) in [7, 11) is 0. The van der Waals surface area contributed by atoms with Gasteiger partial charge in [-0.1, -0.05) is 19.1 Å². The van der Waals surface area contributed by atoms with Crippen LogP contribution in [-0.2, 0) is 20.8 Å². The van der Waals surface area contributed by atoms with Crippen molar-refractivity contribution < 1.29 is 29.5 Å². The molecular weight excluding hydrogens is 332 g/mol. The van der Waals surface area contributed by atoms with Crippen LogP contribution in [0.1, 0.15) is 25.8 Å². The standard InChI is InChI=1S/C16H20N2O7/c1-3-11(9-10-5-7-12(8-6-10)18(24)25)14(19)17(4-2)13(15(20)21)16(22)23/h5-8,11,13H,3-4,9H2,1-2H3,(H,20,21)(H,22,23). The van der Waals surface area contributed by atoms with Gasteiger partial charge in [0.1, 0.15) is 0 Å². The number of carboxylic acids is 2. The maximum absolute atomic E-state index is 12.6. The van der Waals surface area contributed by atoms with Gasteiger partial charge in [-0.05, 0) is 25.3 Å². The van der Waals surface area contributed by atoms with E-state index in [4.69, 9.17) is 10.2 Å². The van der Waals surface area contributed by atoms with Gasteiger partial charge in [-0.15, -0.1) is 0 Å². The van der Waals surface area contributed by atoms with Crippen molar-refractivity contribution >= 4 is 23.5 Å². The summed E-state index contributed by atoms with van der Waals surface area (Å²) in [5, 5.41) is 28.8. The number of benzene rings is 1. The summed E-state index contributed by atoms with van der Waals surface area (Å²) in [6.07, 6.45) is 0.605. The van der Waals surface area contributed by atoms with Gasteiger partial charge in [0.15, 0.2) is 0 Å². The molecule has 9 nitrogen and oxygen atoms in total. The molecule has 1 aromatic rings. The number of hydrogen-bond donors (Lipinski definition) is 2. The number of non-ortho nitro benzene ring substituents is 1. The lowest BCUT2D eigenvalue weighted by Gasteiger charge is -2.28. The second-order valence-corrected chi connectivity index (χ2v) is 5.44. The first-order chi connectivity index (χ1) is 11.7. The highest BCUT2D eigenvalue weighted by atomic mass is 16.6. The Bertz CT molecular complexity index is 643. The van der Waals surface area contributed by atoms with Gasteiger partial charge in [0.25, 0.3) is 5.69 Å². The highest BCUT2D eigenvalue weighted by Gasteiger charge is 2.37. The fraction of sp³-hybridized carbons (Fsp3) is 0.438. The maximum Gasteiger partial charge on any atom is 0.338 e. The van der Waals surface area contributed by atoms with Gasteiger partial charge in [-0.3, -0.25) is 14.9 Å². The summed E-state index contributed by atoms with van der Waals surface area (Å²) in [5.74, 6) is -4.40. The Morgan fingerprint density at radius 3 is 2.00 bits per heavy atom. The van der Waals surface area contributed by atoms with Crippen molar-refractivity contribution in [2.75, 3.05) is 6.54 Å². The molecule has 2 N–H and O–H groups in total. The van der Waals surface area contributed by atoms with E-state index in [0.717, 1.165) is 4.90 Å². The van der Waals surface area contributed by atoms with E-state index in [0.29, 0.717) is 12.0 Å². The summed E-state index contributed by atoms with van der Waals surface area (Å²) in [4.78, 5) is 45.9. The van der Waals surface area contributed by atoms with Gasteiger partial charge < -0.3 is 15.1 Å². The van der Waals surface area contributed by atoms with Crippen LogP contribution >= 0.6 is 0 Å². The molecule has 0 aromatic heterocycles. The highest BCUT2D eigenvalue weighted by molar-refractivity contribution is 6.01. The molecule has 1 amide bonds. The number of carbonyl (C=O) groups is 3. The molecule has 0 saturated carbocycles. The first-order valence-electron chi connectivity index (χ1n) is 7.72. The van der Waals surface area contributed by atoms with Gasteiger partial charge >= 0.3 is 11.9 Å². The van der Waals surface area contributed by atoms with Crippen LogP contribution in [0.5, 0.6) is 0 Å². The zero-order valence-electron chi connectivity index (χ0n) is 13.9. The molecule has 0 radical (unpaired) electrons. The van der Waals surface area contributed by atoms with Crippen LogP contribution in [0, 0.1) is 16.0 Å². The molecule has 1 unspecified atom stereocenters. The Hall–Kier alpha value is -2.97. The molecule has 0 saturated heterocycles. The van der Waals surface area contributed by atoms with Crippen LogP contribution < -0.4 is 0 Å². The van der Waals surface area contributed by atoms with Crippen LogP contribution in [0.15, 0.2) is 24.3 Å². The molecule has 1 rings (SSSR count). The molecule has 136 valence electrons. The number of nitro groups is 1. The largest absolute Gasteiger partial charge is 0.479 e. The van der Waals surface area contributed by atoms with Crippen molar-refractivity contribution in [1.82, 2.24) is 4.90 Å². The number of nitro benzene ring substituents is 1. The molecule has 0 fully saturated rings. The van der Waals surface area contributed by atoms with Crippen molar-refractivity contribution in [2.24, 2.45) is 5.92 Å². The van der Waals surface area contributed by atoms with E-state index in [1.165, 1.54) is 31.2 Å². The minimum Gasteiger partial charge on any atom is -0.479 e. The number of rotatable bonds is 9. The van der Waals surface area contributed by atoms with Crippen LogP contribution in [0.4, 0.5) is 5.69 Å². The molecule has 1 atom stereocenters. The average molecular weight is 352 g/mol. The SMILES string of the molecule is CCC(Cc1ccc([N+](=O)[O-])cc1)C(=O)N(CC)C(C(=O)O)C(=O)O.